The van der Waals surface area contributed by atoms with Gasteiger partial charge in [-0.1, -0.05) is 17.7 Å². The molecule has 1 heterocycles. The smallest absolute Gasteiger partial charge is 0.360 e. The van der Waals surface area contributed by atoms with E-state index < -0.39 is 22.9 Å². The number of benzene rings is 1. The van der Waals surface area contributed by atoms with Gasteiger partial charge in [-0.2, -0.15) is 5.10 Å². The summed E-state index contributed by atoms with van der Waals surface area (Å²) < 4.78 is 14.7. The van der Waals surface area contributed by atoms with E-state index in [-0.39, 0.29) is 10.7 Å². The summed E-state index contributed by atoms with van der Waals surface area (Å²) in [6.07, 6.45) is 1.17. The molecule has 2 aromatic rings. The van der Waals surface area contributed by atoms with E-state index >= 15 is 0 Å². The van der Waals surface area contributed by atoms with Gasteiger partial charge in [-0.05, 0) is 12.1 Å². The van der Waals surface area contributed by atoms with Crippen molar-refractivity contribution in [2.45, 2.75) is 0 Å². The highest BCUT2D eigenvalue weighted by molar-refractivity contribution is 6.30. The summed E-state index contributed by atoms with van der Waals surface area (Å²) >= 11 is 5.60. The fourth-order valence-corrected chi connectivity index (χ4v) is 1.53. The van der Waals surface area contributed by atoms with Crippen LogP contribution in [0.3, 0.4) is 0 Å². The first-order chi connectivity index (χ1) is 8.50. The van der Waals surface area contributed by atoms with Crippen molar-refractivity contribution in [2.24, 2.45) is 0 Å². The third-order valence-electron chi connectivity index (χ3n) is 2.19. The van der Waals surface area contributed by atoms with E-state index in [1.54, 1.807) is 0 Å². The molecule has 7 heteroatoms. The number of aromatic carboxylic acids is 1. The average molecular weight is 269 g/mol. The van der Waals surface area contributed by atoms with Crippen LogP contribution in [-0.4, -0.2) is 20.9 Å². The summed E-state index contributed by atoms with van der Waals surface area (Å²) in [4.78, 5) is 22.0. The lowest BCUT2D eigenvalue weighted by molar-refractivity contribution is 0.0686. The third-order valence-corrected chi connectivity index (χ3v) is 2.48. The van der Waals surface area contributed by atoms with E-state index in [2.05, 4.69) is 5.10 Å². The maximum Gasteiger partial charge on any atom is 0.360 e. The van der Waals surface area contributed by atoms with Crippen LogP contribution in [0.2, 0.25) is 5.02 Å². The van der Waals surface area contributed by atoms with Gasteiger partial charge in [0.25, 0.3) is 0 Å². The molecular weight excluding hydrogens is 263 g/mol. The van der Waals surface area contributed by atoms with E-state index in [0.717, 1.165) is 10.7 Å². The van der Waals surface area contributed by atoms with Crippen LogP contribution in [0, 0.1) is 5.82 Å². The number of carboxylic acid groups (broad SMARTS) is 1. The molecule has 0 atom stereocenters. The van der Waals surface area contributed by atoms with Crippen LogP contribution in [0.4, 0.5) is 4.39 Å². The second kappa shape index (κ2) is 4.58. The standard InChI is InChI=1S/C11H6ClFN2O3/c12-6-2-1-3-7(9(6)13)15-5-4-8(16)10(14-15)11(17)18/h1-5H,(H,17,18). The lowest BCUT2D eigenvalue weighted by atomic mass is 10.3. The molecule has 1 aromatic carbocycles. The molecule has 0 aliphatic heterocycles. The first-order valence-electron chi connectivity index (χ1n) is 4.78. The molecule has 1 N–H and O–H groups in total. The van der Waals surface area contributed by atoms with Gasteiger partial charge in [0.05, 0.1) is 5.02 Å². The Morgan fingerprint density at radius 2 is 2.11 bits per heavy atom. The van der Waals surface area contributed by atoms with Gasteiger partial charge in [-0.3, -0.25) is 4.79 Å². The van der Waals surface area contributed by atoms with Gasteiger partial charge >= 0.3 is 5.97 Å². The number of rotatable bonds is 2. The van der Waals surface area contributed by atoms with Crippen molar-refractivity contribution in [1.82, 2.24) is 9.78 Å². The molecule has 0 amide bonds. The molecule has 0 radical (unpaired) electrons. The molecule has 92 valence electrons. The summed E-state index contributed by atoms with van der Waals surface area (Å²) in [6, 6.07) is 5.20. The van der Waals surface area contributed by atoms with Crippen molar-refractivity contribution in [2.75, 3.05) is 0 Å². The Morgan fingerprint density at radius 3 is 2.78 bits per heavy atom. The number of hydrogen-bond acceptors (Lipinski definition) is 3. The number of carbonyl (C=O) groups is 1. The number of halogens is 2. The fourth-order valence-electron chi connectivity index (χ4n) is 1.36. The molecule has 0 unspecified atom stereocenters. The largest absolute Gasteiger partial charge is 0.476 e. The van der Waals surface area contributed by atoms with Crippen molar-refractivity contribution in [1.29, 1.82) is 0 Å². The monoisotopic (exact) mass is 268 g/mol. The zero-order valence-corrected chi connectivity index (χ0v) is 9.56. The first kappa shape index (κ1) is 12.3. The Kier molecular flexibility index (Phi) is 3.12. The van der Waals surface area contributed by atoms with E-state index in [4.69, 9.17) is 16.7 Å². The summed E-state index contributed by atoms with van der Waals surface area (Å²) in [5.74, 6) is -2.22. The van der Waals surface area contributed by atoms with E-state index in [0.29, 0.717) is 0 Å². The molecule has 0 bridgehead atoms. The number of aromatic nitrogens is 2. The predicted octanol–water partition coefficient (Wildman–Crippen LogP) is 1.72. The van der Waals surface area contributed by atoms with Gasteiger partial charge < -0.3 is 5.11 Å². The van der Waals surface area contributed by atoms with Gasteiger partial charge in [-0.15, -0.1) is 0 Å². The average Bonchev–Trinajstić information content (AvgIpc) is 2.33. The van der Waals surface area contributed by atoms with E-state index in [1.807, 2.05) is 0 Å². The maximum atomic E-state index is 13.7. The topological polar surface area (TPSA) is 72.2 Å². The molecular formula is C11H6ClFN2O3. The normalized spacial score (nSPS) is 10.3. The lowest BCUT2D eigenvalue weighted by Crippen LogP contribution is -2.20. The predicted molar refractivity (Wildman–Crippen MR) is 61.8 cm³/mol. The van der Waals surface area contributed by atoms with Crippen LogP contribution in [0.5, 0.6) is 0 Å². The molecule has 0 aliphatic carbocycles. The Labute approximate surface area is 105 Å². The number of hydrogen-bond donors (Lipinski definition) is 1. The summed E-state index contributed by atoms with van der Waals surface area (Å²) in [5, 5.41) is 12.2. The number of carboxylic acids is 1. The minimum Gasteiger partial charge on any atom is -0.476 e. The van der Waals surface area contributed by atoms with Crippen LogP contribution in [-0.2, 0) is 0 Å². The molecule has 18 heavy (non-hydrogen) atoms. The molecule has 5 nitrogen and oxygen atoms in total. The van der Waals surface area contributed by atoms with Gasteiger partial charge in [0.1, 0.15) is 5.69 Å². The molecule has 1 aromatic heterocycles. The molecule has 2 rings (SSSR count). The van der Waals surface area contributed by atoms with Crippen LogP contribution in [0.15, 0.2) is 35.3 Å². The van der Waals surface area contributed by atoms with Crippen molar-refractivity contribution in [3.05, 3.63) is 57.2 Å². The minimum atomic E-state index is -1.48. The van der Waals surface area contributed by atoms with Crippen molar-refractivity contribution < 1.29 is 14.3 Å². The van der Waals surface area contributed by atoms with Gasteiger partial charge in [0.2, 0.25) is 11.1 Å². The summed E-state index contributed by atoms with van der Waals surface area (Å²) in [7, 11) is 0. The van der Waals surface area contributed by atoms with Crippen LogP contribution in [0.25, 0.3) is 5.69 Å². The third kappa shape index (κ3) is 2.10. The van der Waals surface area contributed by atoms with Crippen LogP contribution < -0.4 is 5.43 Å². The summed E-state index contributed by atoms with van der Waals surface area (Å²) in [6.45, 7) is 0. The van der Waals surface area contributed by atoms with Gasteiger partial charge in [0.15, 0.2) is 5.82 Å². The molecule has 0 saturated carbocycles. The van der Waals surface area contributed by atoms with E-state index in [1.165, 1.54) is 24.4 Å². The Morgan fingerprint density at radius 1 is 1.39 bits per heavy atom. The minimum absolute atomic E-state index is 0.0370. The zero-order valence-electron chi connectivity index (χ0n) is 8.80. The lowest BCUT2D eigenvalue weighted by Gasteiger charge is -2.07. The van der Waals surface area contributed by atoms with Crippen molar-refractivity contribution in [3.8, 4) is 5.69 Å². The van der Waals surface area contributed by atoms with E-state index in [9.17, 15) is 14.0 Å². The second-order valence-corrected chi connectivity index (χ2v) is 3.76. The SMILES string of the molecule is O=C(O)c1nn(-c2cccc(Cl)c2F)ccc1=O. The quantitative estimate of drug-likeness (QED) is 0.900. The Balaban J connectivity index is 2.65. The molecule has 0 saturated heterocycles. The van der Waals surface area contributed by atoms with Gasteiger partial charge in [-0.25, -0.2) is 13.9 Å². The molecule has 0 fully saturated rings. The van der Waals surface area contributed by atoms with Crippen LogP contribution in [0.1, 0.15) is 10.5 Å². The Bertz CT molecular complexity index is 684. The molecule has 0 aliphatic rings. The molecule has 0 spiro atoms. The highest BCUT2D eigenvalue weighted by atomic mass is 35.5. The second-order valence-electron chi connectivity index (χ2n) is 3.35. The van der Waals surface area contributed by atoms with Crippen molar-refractivity contribution in [3.63, 3.8) is 0 Å². The highest BCUT2D eigenvalue weighted by Crippen LogP contribution is 2.20. The van der Waals surface area contributed by atoms with Crippen molar-refractivity contribution >= 4 is 17.6 Å². The highest BCUT2D eigenvalue weighted by Gasteiger charge is 2.13. The van der Waals surface area contributed by atoms with Gasteiger partial charge in [0, 0.05) is 12.3 Å². The maximum absolute atomic E-state index is 13.7. The summed E-state index contributed by atoms with van der Waals surface area (Å²) in [5.41, 5.74) is -1.47. The zero-order chi connectivity index (χ0) is 13.3. The Hall–Kier alpha value is -2.21. The fraction of sp³-hybridized carbons (Fsp3) is 0. The number of nitrogens with zero attached hydrogens (tertiary/aromatic N) is 2. The first-order valence-corrected chi connectivity index (χ1v) is 5.16. The van der Waals surface area contributed by atoms with Crippen LogP contribution >= 0.6 is 11.6 Å².